The lowest BCUT2D eigenvalue weighted by molar-refractivity contribution is 0.0690. The molecule has 6 nitrogen and oxygen atoms in total. The Morgan fingerprint density at radius 2 is 1.81 bits per heavy atom. The molecule has 0 aliphatic heterocycles. The molecule has 0 saturated heterocycles. The molecule has 0 aliphatic carbocycles. The lowest BCUT2D eigenvalue weighted by Crippen LogP contribution is -2.19. The van der Waals surface area contributed by atoms with Gasteiger partial charge in [0, 0.05) is 10.2 Å². The van der Waals surface area contributed by atoms with Crippen molar-refractivity contribution < 1.29 is 14.7 Å². The lowest BCUT2D eigenvalue weighted by atomic mass is 10.3. The lowest BCUT2D eigenvalue weighted by Gasteiger charge is -2.08. The molecule has 0 saturated carbocycles. The maximum atomic E-state index is 11.8. The topological polar surface area (TPSA) is 91.3 Å². The minimum Gasteiger partial charge on any atom is -0.477 e. The molecule has 21 heavy (non-hydrogen) atoms. The first-order valence-corrected chi connectivity index (χ1v) is 6.85. The van der Waals surface area contributed by atoms with Gasteiger partial charge in [-0.2, -0.15) is 0 Å². The second-order valence-electron chi connectivity index (χ2n) is 3.95. The Morgan fingerprint density at radius 1 is 1.14 bits per heavy atom. The molecule has 2 rings (SSSR count). The zero-order valence-corrected chi connectivity index (χ0v) is 12.8. The molecule has 2 amide bonds. The van der Waals surface area contributed by atoms with Crippen LogP contribution in [0.2, 0.25) is 5.02 Å². The van der Waals surface area contributed by atoms with E-state index in [2.05, 4.69) is 31.5 Å². The van der Waals surface area contributed by atoms with Crippen LogP contribution in [0.5, 0.6) is 0 Å². The van der Waals surface area contributed by atoms with Crippen LogP contribution in [0.4, 0.5) is 16.2 Å². The SMILES string of the molecule is O=C(Nc1ccc(C(=O)O)nc1)Nc1ccc(Cl)c(Br)c1. The fraction of sp³-hybridized carbons (Fsp3) is 0. The molecular weight excluding hydrogens is 362 g/mol. The molecule has 3 N–H and O–H groups in total. The van der Waals surface area contributed by atoms with E-state index in [1.54, 1.807) is 18.2 Å². The molecule has 1 aromatic carbocycles. The number of amides is 2. The van der Waals surface area contributed by atoms with Gasteiger partial charge in [0.25, 0.3) is 0 Å². The zero-order valence-electron chi connectivity index (χ0n) is 10.4. The van der Waals surface area contributed by atoms with Gasteiger partial charge >= 0.3 is 12.0 Å². The fourth-order valence-corrected chi connectivity index (χ4v) is 1.96. The minimum absolute atomic E-state index is 0.0948. The smallest absolute Gasteiger partial charge is 0.354 e. The van der Waals surface area contributed by atoms with Crippen LogP contribution < -0.4 is 10.6 Å². The summed E-state index contributed by atoms with van der Waals surface area (Å²) in [6.45, 7) is 0. The minimum atomic E-state index is -1.13. The van der Waals surface area contributed by atoms with Crippen LogP contribution in [0.3, 0.4) is 0 Å². The maximum absolute atomic E-state index is 11.8. The van der Waals surface area contributed by atoms with Crippen LogP contribution in [-0.4, -0.2) is 22.1 Å². The van der Waals surface area contributed by atoms with Crippen molar-refractivity contribution in [2.75, 3.05) is 10.6 Å². The largest absolute Gasteiger partial charge is 0.477 e. The predicted octanol–water partition coefficient (Wildman–Crippen LogP) is 3.84. The molecule has 0 aliphatic rings. The number of carbonyl (C=O) groups is 2. The summed E-state index contributed by atoms with van der Waals surface area (Å²) in [5.41, 5.74) is 0.840. The molecule has 0 atom stereocenters. The Kier molecular flexibility index (Phi) is 4.77. The van der Waals surface area contributed by atoms with Crippen LogP contribution >= 0.6 is 27.5 Å². The van der Waals surface area contributed by atoms with Crippen molar-refractivity contribution >= 4 is 50.9 Å². The van der Waals surface area contributed by atoms with Crippen LogP contribution in [0, 0.1) is 0 Å². The van der Waals surface area contributed by atoms with Gasteiger partial charge in [0.2, 0.25) is 0 Å². The molecule has 0 radical (unpaired) electrons. The number of carboxylic acids is 1. The van der Waals surface area contributed by atoms with Crippen LogP contribution in [0.1, 0.15) is 10.5 Å². The zero-order chi connectivity index (χ0) is 15.4. The summed E-state index contributed by atoms with van der Waals surface area (Å²) in [6.07, 6.45) is 1.26. The number of hydrogen-bond donors (Lipinski definition) is 3. The maximum Gasteiger partial charge on any atom is 0.354 e. The highest BCUT2D eigenvalue weighted by Gasteiger charge is 2.07. The number of pyridine rings is 1. The number of anilines is 2. The number of urea groups is 1. The number of carbonyl (C=O) groups excluding carboxylic acids is 1. The molecule has 0 fully saturated rings. The second kappa shape index (κ2) is 6.55. The number of aromatic carboxylic acids is 1. The molecule has 8 heteroatoms. The average molecular weight is 371 g/mol. The highest BCUT2D eigenvalue weighted by Crippen LogP contribution is 2.25. The number of nitrogens with one attached hydrogen (secondary N) is 2. The van der Waals surface area contributed by atoms with E-state index in [1.165, 1.54) is 18.3 Å². The van der Waals surface area contributed by atoms with E-state index in [0.29, 0.717) is 20.9 Å². The third-order valence-corrected chi connectivity index (χ3v) is 3.63. The highest BCUT2D eigenvalue weighted by atomic mass is 79.9. The van der Waals surface area contributed by atoms with E-state index in [-0.39, 0.29) is 5.69 Å². The monoisotopic (exact) mass is 369 g/mol. The summed E-state index contributed by atoms with van der Waals surface area (Å²) in [5.74, 6) is -1.13. The number of aromatic nitrogens is 1. The summed E-state index contributed by atoms with van der Waals surface area (Å²) in [4.78, 5) is 26.1. The van der Waals surface area contributed by atoms with Gasteiger partial charge in [0.15, 0.2) is 0 Å². The van der Waals surface area contributed by atoms with Crippen molar-refractivity contribution in [3.8, 4) is 0 Å². The Morgan fingerprint density at radius 3 is 2.38 bits per heavy atom. The number of nitrogens with zero attached hydrogens (tertiary/aromatic N) is 1. The quantitative estimate of drug-likeness (QED) is 0.765. The number of benzene rings is 1. The molecular formula is C13H9BrClN3O3. The first-order valence-electron chi connectivity index (χ1n) is 5.68. The Hall–Kier alpha value is -2.12. The Balaban J connectivity index is 2.01. The van der Waals surface area contributed by atoms with Crippen molar-refractivity contribution in [3.05, 3.63) is 51.7 Å². The third-order valence-electron chi connectivity index (χ3n) is 2.42. The standard InChI is InChI=1S/C13H9BrClN3O3/c14-9-5-7(1-3-10(9)15)17-13(21)18-8-2-4-11(12(19)20)16-6-8/h1-6H,(H,19,20)(H2,17,18,21). The van der Waals surface area contributed by atoms with Crippen molar-refractivity contribution in [1.82, 2.24) is 4.98 Å². The number of carboxylic acid groups (broad SMARTS) is 1. The molecule has 1 heterocycles. The molecule has 1 aromatic heterocycles. The van der Waals surface area contributed by atoms with Gasteiger partial charge in [0.05, 0.1) is 16.9 Å². The molecule has 108 valence electrons. The molecule has 0 unspecified atom stereocenters. The molecule has 0 spiro atoms. The first-order chi connectivity index (χ1) is 9.95. The van der Waals surface area contributed by atoms with Crippen molar-refractivity contribution in [3.63, 3.8) is 0 Å². The summed E-state index contributed by atoms with van der Waals surface area (Å²) >= 11 is 9.11. The van der Waals surface area contributed by atoms with E-state index < -0.39 is 12.0 Å². The second-order valence-corrected chi connectivity index (χ2v) is 5.21. The summed E-state index contributed by atoms with van der Waals surface area (Å²) < 4.78 is 0.662. The van der Waals surface area contributed by atoms with Gasteiger partial charge < -0.3 is 15.7 Å². The van der Waals surface area contributed by atoms with Crippen molar-refractivity contribution in [2.45, 2.75) is 0 Å². The Bertz CT molecular complexity index is 692. The van der Waals surface area contributed by atoms with Crippen LogP contribution in [-0.2, 0) is 0 Å². The number of halogens is 2. The highest BCUT2D eigenvalue weighted by molar-refractivity contribution is 9.10. The van der Waals surface area contributed by atoms with Crippen LogP contribution in [0.15, 0.2) is 41.0 Å². The van der Waals surface area contributed by atoms with E-state index in [9.17, 15) is 9.59 Å². The van der Waals surface area contributed by atoms with Crippen molar-refractivity contribution in [1.29, 1.82) is 0 Å². The van der Waals surface area contributed by atoms with Crippen molar-refractivity contribution in [2.24, 2.45) is 0 Å². The number of rotatable bonds is 3. The first kappa shape index (κ1) is 15.3. The number of hydrogen-bond acceptors (Lipinski definition) is 3. The van der Waals surface area contributed by atoms with E-state index in [1.807, 2.05) is 0 Å². The Labute approximate surface area is 133 Å². The van der Waals surface area contributed by atoms with Crippen LogP contribution in [0.25, 0.3) is 0 Å². The van der Waals surface area contributed by atoms with E-state index in [0.717, 1.165) is 0 Å². The summed E-state index contributed by atoms with van der Waals surface area (Å²) in [7, 11) is 0. The van der Waals surface area contributed by atoms with Gasteiger partial charge in [-0.15, -0.1) is 0 Å². The van der Waals surface area contributed by atoms with Gasteiger partial charge in [-0.1, -0.05) is 11.6 Å². The normalized spacial score (nSPS) is 10.0. The van der Waals surface area contributed by atoms with Gasteiger partial charge in [-0.25, -0.2) is 14.6 Å². The van der Waals surface area contributed by atoms with E-state index in [4.69, 9.17) is 16.7 Å². The fourth-order valence-electron chi connectivity index (χ4n) is 1.46. The third kappa shape index (κ3) is 4.17. The summed E-state index contributed by atoms with van der Waals surface area (Å²) in [6, 6.07) is 7.23. The van der Waals surface area contributed by atoms with E-state index >= 15 is 0 Å². The van der Waals surface area contributed by atoms with Gasteiger partial charge in [0.1, 0.15) is 5.69 Å². The molecule has 0 bridgehead atoms. The summed E-state index contributed by atoms with van der Waals surface area (Å²) in [5, 5.41) is 14.4. The van der Waals surface area contributed by atoms with Gasteiger partial charge in [-0.05, 0) is 46.3 Å². The predicted molar refractivity (Wildman–Crippen MR) is 83.0 cm³/mol. The van der Waals surface area contributed by atoms with Gasteiger partial charge in [-0.3, -0.25) is 0 Å². The average Bonchev–Trinajstić information content (AvgIpc) is 2.43. The molecule has 2 aromatic rings.